The third-order valence-corrected chi connectivity index (χ3v) is 4.04. The van der Waals surface area contributed by atoms with Crippen LogP contribution in [0.4, 0.5) is 0 Å². The molecule has 0 bridgehead atoms. The van der Waals surface area contributed by atoms with Gasteiger partial charge >= 0.3 is 5.97 Å². The Morgan fingerprint density at radius 2 is 2.33 bits per heavy atom. The highest BCUT2D eigenvalue weighted by molar-refractivity contribution is 5.70. The summed E-state index contributed by atoms with van der Waals surface area (Å²) in [4.78, 5) is 15.7. The second-order valence-corrected chi connectivity index (χ2v) is 5.31. The van der Waals surface area contributed by atoms with Gasteiger partial charge in [0.25, 0.3) is 0 Å². The normalized spacial score (nSPS) is 27.8. The number of carboxylic acids is 1. The average molecular weight is 249 g/mol. The number of rotatable bonds is 2. The SMILES string of the molecule is O=C(O)C1CCn2cc(C3CCCCN3)nc2C1. The van der Waals surface area contributed by atoms with Crippen molar-refractivity contribution in [3.8, 4) is 0 Å². The van der Waals surface area contributed by atoms with Crippen molar-refractivity contribution < 1.29 is 9.90 Å². The Hall–Kier alpha value is -1.36. The van der Waals surface area contributed by atoms with Gasteiger partial charge in [-0.05, 0) is 25.8 Å². The van der Waals surface area contributed by atoms with Gasteiger partial charge in [-0.15, -0.1) is 0 Å². The molecular weight excluding hydrogens is 230 g/mol. The minimum Gasteiger partial charge on any atom is -0.481 e. The van der Waals surface area contributed by atoms with E-state index < -0.39 is 5.97 Å². The second-order valence-electron chi connectivity index (χ2n) is 5.31. The molecule has 2 atom stereocenters. The number of hydrogen-bond acceptors (Lipinski definition) is 3. The van der Waals surface area contributed by atoms with Crippen LogP contribution in [-0.2, 0) is 17.8 Å². The van der Waals surface area contributed by atoms with Crippen LogP contribution >= 0.6 is 0 Å². The number of carboxylic acid groups (broad SMARTS) is 1. The van der Waals surface area contributed by atoms with Crippen molar-refractivity contribution in [2.75, 3.05) is 6.54 Å². The zero-order chi connectivity index (χ0) is 12.5. The number of piperidine rings is 1. The molecule has 0 aliphatic carbocycles. The van der Waals surface area contributed by atoms with Gasteiger partial charge < -0.3 is 15.0 Å². The van der Waals surface area contributed by atoms with Crippen molar-refractivity contribution in [2.24, 2.45) is 5.92 Å². The van der Waals surface area contributed by atoms with Gasteiger partial charge in [0.1, 0.15) is 5.82 Å². The summed E-state index contributed by atoms with van der Waals surface area (Å²) in [6.45, 7) is 1.84. The van der Waals surface area contributed by atoms with E-state index in [1.165, 1.54) is 12.8 Å². The number of aliphatic carboxylic acids is 1. The molecule has 2 N–H and O–H groups in total. The van der Waals surface area contributed by atoms with Crippen molar-refractivity contribution >= 4 is 5.97 Å². The zero-order valence-electron chi connectivity index (χ0n) is 10.4. The van der Waals surface area contributed by atoms with Gasteiger partial charge in [0.15, 0.2) is 0 Å². The predicted octanol–water partition coefficient (Wildman–Crippen LogP) is 1.34. The first-order valence-electron chi connectivity index (χ1n) is 6.76. The smallest absolute Gasteiger partial charge is 0.307 e. The number of aromatic nitrogens is 2. The highest BCUT2D eigenvalue weighted by atomic mass is 16.4. The average Bonchev–Trinajstić information content (AvgIpc) is 2.82. The first-order valence-corrected chi connectivity index (χ1v) is 6.76. The standard InChI is InChI=1S/C13H19N3O2/c17-13(18)9-4-6-16-8-11(15-12(16)7-9)10-3-1-2-5-14-10/h8-10,14H,1-7H2,(H,17,18). The molecule has 2 unspecified atom stereocenters. The van der Waals surface area contributed by atoms with Gasteiger partial charge in [-0.3, -0.25) is 4.79 Å². The molecular formula is C13H19N3O2. The van der Waals surface area contributed by atoms with Gasteiger partial charge in [0.2, 0.25) is 0 Å². The van der Waals surface area contributed by atoms with E-state index in [9.17, 15) is 4.79 Å². The Kier molecular flexibility index (Phi) is 3.07. The van der Waals surface area contributed by atoms with Crippen molar-refractivity contribution in [1.29, 1.82) is 0 Å². The highest BCUT2D eigenvalue weighted by Gasteiger charge is 2.27. The maximum Gasteiger partial charge on any atom is 0.307 e. The molecule has 0 saturated carbocycles. The van der Waals surface area contributed by atoms with E-state index in [1.807, 2.05) is 0 Å². The first kappa shape index (κ1) is 11.7. The van der Waals surface area contributed by atoms with Crippen LogP contribution in [0.25, 0.3) is 0 Å². The molecule has 1 aromatic rings. The number of aryl methyl sites for hydroxylation is 1. The summed E-state index contributed by atoms with van der Waals surface area (Å²) >= 11 is 0. The van der Waals surface area contributed by atoms with Crippen LogP contribution < -0.4 is 5.32 Å². The van der Waals surface area contributed by atoms with Crippen molar-refractivity contribution in [3.63, 3.8) is 0 Å². The molecule has 1 aromatic heterocycles. The molecule has 5 nitrogen and oxygen atoms in total. The predicted molar refractivity (Wildman–Crippen MR) is 66.3 cm³/mol. The van der Waals surface area contributed by atoms with Gasteiger partial charge in [-0.2, -0.15) is 0 Å². The third-order valence-electron chi connectivity index (χ3n) is 4.04. The summed E-state index contributed by atoms with van der Waals surface area (Å²) in [7, 11) is 0. The molecule has 0 amide bonds. The first-order chi connectivity index (χ1) is 8.74. The monoisotopic (exact) mass is 249 g/mol. The molecule has 0 spiro atoms. The lowest BCUT2D eigenvalue weighted by Crippen LogP contribution is -2.27. The quantitative estimate of drug-likeness (QED) is 0.830. The molecule has 3 rings (SSSR count). The van der Waals surface area contributed by atoms with Crippen LogP contribution in [0.1, 0.15) is 43.2 Å². The van der Waals surface area contributed by atoms with E-state index in [2.05, 4.69) is 21.1 Å². The summed E-state index contributed by atoms with van der Waals surface area (Å²) in [5.41, 5.74) is 1.09. The highest BCUT2D eigenvalue weighted by Crippen LogP contribution is 2.26. The molecule has 18 heavy (non-hydrogen) atoms. The summed E-state index contributed by atoms with van der Waals surface area (Å²) in [5, 5.41) is 12.6. The lowest BCUT2D eigenvalue weighted by molar-refractivity contribution is -0.142. The Morgan fingerprint density at radius 1 is 1.44 bits per heavy atom. The molecule has 3 heterocycles. The van der Waals surface area contributed by atoms with Crippen LogP contribution in [0.3, 0.4) is 0 Å². The summed E-state index contributed by atoms with van der Waals surface area (Å²) < 4.78 is 2.13. The van der Waals surface area contributed by atoms with Gasteiger partial charge in [-0.25, -0.2) is 4.98 Å². The molecule has 1 fully saturated rings. The third kappa shape index (κ3) is 2.14. The van der Waals surface area contributed by atoms with E-state index in [-0.39, 0.29) is 5.92 Å². The van der Waals surface area contributed by atoms with Gasteiger partial charge in [-0.1, -0.05) is 6.42 Å². The van der Waals surface area contributed by atoms with Gasteiger partial charge in [0.05, 0.1) is 17.7 Å². The number of hydrogen-bond donors (Lipinski definition) is 2. The lowest BCUT2D eigenvalue weighted by Gasteiger charge is -2.21. The van der Waals surface area contributed by atoms with Crippen molar-refractivity contribution in [3.05, 3.63) is 17.7 Å². The van der Waals surface area contributed by atoms with E-state index >= 15 is 0 Å². The maximum atomic E-state index is 11.0. The van der Waals surface area contributed by atoms with E-state index in [0.717, 1.165) is 37.4 Å². The largest absolute Gasteiger partial charge is 0.481 e. The maximum absolute atomic E-state index is 11.0. The van der Waals surface area contributed by atoms with Crippen LogP contribution in [0.5, 0.6) is 0 Å². The number of nitrogens with one attached hydrogen (secondary N) is 1. The summed E-state index contributed by atoms with van der Waals surface area (Å²) in [6.07, 6.45) is 7.02. The molecule has 2 aliphatic heterocycles. The summed E-state index contributed by atoms with van der Waals surface area (Å²) in [5.74, 6) is -0.00956. The van der Waals surface area contributed by atoms with Crippen molar-refractivity contribution in [1.82, 2.24) is 14.9 Å². The molecule has 5 heteroatoms. The fraction of sp³-hybridized carbons (Fsp3) is 0.692. The minimum absolute atomic E-state index is 0.257. The van der Waals surface area contributed by atoms with Crippen LogP contribution in [0, 0.1) is 5.92 Å². The number of carbonyl (C=O) groups is 1. The van der Waals surface area contributed by atoms with Crippen LogP contribution in [-0.4, -0.2) is 27.2 Å². The fourth-order valence-electron chi connectivity index (χ4n) is 2.93. The molecule has 0 aromatic carbocycles. The molecule has 0 radical (unpaired) electrons. The van der Waals surface area contributed by atoms with Crippen LogP contribution in [0.15, 0.2) is 6.20 Å². The Morgan fingerprint density at radius 3 is 3.06 bits per heavy atom. The number of imidazole rings is 1. The number of fused-ring (bicyclic) bond motifs is 1. The topological polar surface area (TPSA) is 67.2 Å². The molecule has 98 valence electrons. The fourth-order valence-corrected chi connectivity index (χ4v) is 2.93. The van der Waals surface area contributed by atoms with E-state index in [4.69, 9.17) is 5.11 Å². The number of nitrogens with zero attached hydrogens (tertiary/aromatic N) is 2. The van der Waals surface area contributed by atoms with E-state index in [0.29, 0.717) is 12.5 Å². The van der Waals surface area contributed by atoms with Gasteiger partial charge in [0, 0.05) is 19.2 Å². The van der Waals surface area contributed by atoms with Crippen LogP contribution in [0.2, 0.25) is 0 Å². The molecule has 1 saturated heterocycles. The minimum atomic E-state index is -0.693. The lowest BCUT2D eigenvalue weighted by atomic mass is 9.98. The van der Waals surface area contributed by atoms with E-state index in [1.54, 1.807) is 0 Å². The Bertz CT molecular complexity index is 449. The second kappa shape index (κ2) is 4.72. The van der Waals surface area contributed by atoms with Crippen molar-refractivity contribution in [2.45, 2.75) is 44.7 Å². The molecule has 2 aliphatic rings. The Balaban J connectivity index is 1.78. The Labute approximate surface area is 106 Å². The summed E-state index contributed by atoms with van der Waals surface area (Å²) in [6, 6.07) is 0.361. The zero-order valence-corrected chi connectivity index (χ0v) is 10.4.